The number of piperidine rings is 1. The number of benzene rings is 2. The molecule has 0 saturated carbocycles. The van der Waals surface area contributed by atoms with Crippen molar-refractivity contribution in [2.45, 2.75) is 38.1 Å². The molecule has 4 rings (SSSR count). The fourth-order valence-electron chi connectivity index (χ4n) is 4.50. The van der Waals surface area contributed by atoms with E-state index in [9.17, 15) is 9.18 Å². The van der Waals surface area contributed by atoms with Gasteiger partial charge in [0.25, 0.3) is 0 Å². The molecule has 0 aliphatic carbocycles. The molecule has 2 aliphatic rings. The van der Waals surface area contributed by atoms with E-state index in [-0.39, 0.29) is 11.8 Å². The summed E-state index contributed by atoms with van der Waals surface area (Å²) in [7, 11) is 0. The van der Waals surface area contributed by atoms with Crippen LogP contribution in [0, 0.1) is 5.82 Å². The number of nitrogens with zero attached hydrogens (tertiary/aromatic N) is 2. The number of carbonyl (C=O) groups excluding carboxylic acids is 1. The van der Waals surface area contributed by atoms with E-state index in [1.807, 2.05) is 23.1 Å². The van der Waals surface area contributed by atoms with Crippen molar-refractivity contribution in [3.63, 3.8) is 0 Å². The molecule has 0 spiro atoms. The van der Waals surface area contributed by atoms with Gasteiger partial charge in [-0.1, -0.05) is 36.4 Å². The van der Waals surface area contributed by atoms with Gasteiger partial charge in [-0.2, -0.15) is 0 Å². The van der Waals surface area contributed by atoms with Gasteiger partial charge in [0, 0.05) is 19.6 Å². The fourth-order valence-corrected chi connectivity index (χ4v) is 4.50. The van der Waals surface area contributed by atoms with Gasteiger partial charge in [-0.3, -0.25) is 0 Å². The van der Waals surface area contributed by atoms with E-state index >= 15 is 0 Å². The number of nitrogens with one attached hydrogen (secondary N) is 1. The maximum Gasteiger partial charge on any atom is 0.317 e. The van der Waals surface area contributed by atoms with Crippen LogP contribution in [-0.2, 0) is 13.0 Å². The van der Waals surface area contributed by atoms with Gasteiger partial charge in [0.15, 0.2) is 0 Å². The van der Waals surface area contributed by atoms with Crippen LogP contribution in [-0.4, -0.2) is 48.6 Å². The first-order valence-corrected chi connectivity index (χ1v) is 10.8. The summed E-state index contributed by atoms with van der Waals surface area (Å²) < 4.78 is 13.1. The topological polar surface area (TPSA) is 35.6 Å². The van der Waals surface area contributed by atoms with Crippen LogP contribution in [0.3, 0.4) is 0 Å². The van der Waals surface area contributed by atoms with E-state index in [1.54, 1.807) is 12.1 Å². The van der Waals surface area contributed by atoms with Crippen molar-refractivity contribution in [2.75, 3.05) is 32.7 Å². The number of hydrogen-bond acceptors (Lipinski definition) is 2. The van der Waals surface area contributed by atoms with Crippen molar-refractivity contribution >= 4 is 6.03 Å². The SMILES string of the molecule is O=C(NCCCN1CCC(c2ccc(F)cc2)CC1)N1CCc2ccccc2C1. The van der Waals surface area contributed by atoms with Crippen LogP contribution in [0.15, 0.2) is 48.5 Å². The standard InChI is InChI=1S/C24H30FN3O/c25-23-8-6-20(7-9-23)21-10-15-27(16-11-21)14-3-13-26-24(29)28-17-12-19-4-1-2-5-22(19)18-28/h1-2,4-9,21H,3,10-18H2,(H,26,29). The van der Waals surface area contributed by atoms with Gasteiger partial charge < -0.3 is 15.1 Å². The third kappa shape index (κ3) is 5.15. The largest absolute Gasteiger partial charge is 0.338 e. The van der Waals surface area contributed by atoms with Crippen molar-refractivity contribution in [3.05, 3.63) is 71.0 Å². The van der Waals surface area contributed by atoms with Crippen LogP contribution in [0.1, 0.15) is 41.9 Å². The summed E-state index contributed by atoms with van der Waals surface area (Å²) in [6.45, 7) is 5.37. The Morgan fingerprint density at radius 1 is 1.00 bits per heavy atom. The lowest BCUT2D eigenvalue weighted by molar-refractivity contribution is 0.188. The van der Waals surface area contributed by atoms with Crippen molar-refractivity contribution in [1.29, 1.82) is 0 Å². The summed E-state index contributed by atoms with van der Waals surface area (Å²) in [5.41, 5.74) is 3.87. The number of likely N-dealkylation sites (tertiary alicyclic amines) is 1. The quantitative estimate of drug-likeness (QED) is 0.772. The number of rotatable bonds is 5. The summed E-state index contributed by atoms with van der Waals surface area (Å²) in [6, 6.07) is 15.4. The molecule has 2 aliphatic heterocycles. The smallest absolute Gasteiger partial charge is 0.317 e. The maximum atomic E-state index is 13.1. The summed E-state index contributed by atoms with van der Waals surface area (Å²) in [5.74, 6) is 0.371. The fraction of sp³-hybridized carbons (Fsp3) is 0.458. The Morgan fingerprint density at radius 3 is 2.48 bits per heavy atom. The Kier molecular flexibility index (Phi) is 6.45. The predicted octanol–water partition coefficient (Wildman–Crippen LogP) is 4.16. The highest BCUT2D eigenvalue weighted by atomic mass is 19.1. The summed E-state index contributed by atoms with van der Waals surface area (Å²) >= 11 is 0. The molecule has 0 atom stereocenters. The molecule has 4 nitrogen and oxygen atoms in total. The Labute approximate surface area is 172 Å². The minimum atomic E-state index is -0.165. The highest BCUT2D eigenvalue weighted by molar-refractivity contribution is 5.74. The van der Waals surface area contributed by atoms with Gasteiger partial charge in [-0.25, -0.2) is 9.18 Å². The minimum Gasteiger partial charge on any atom is -0.338 e. The van der Waals surface area contributed by atoms with E-state index in [2.05, 4.69) is 28.4 Å². The number of halogens is 1. The lowest BCUT2D eigenvalue weighted by Gasteiger charge is -2.32. The molecule has 154 valence electrons. The molecule has 2 heterocycles. The summed E-state index contributed by atoms with van der Waals surface area (Å²) in [6.07, 6.45) is 4.14. The molecule has 1 fully saturated rings. The Morgan fingerprint density at radius 2 is 1.72 bits per heavy atom. The van der Waals surface area contributed by atoms with E-state index < -0.39 is 0 Å². The maximum absolute atomic E-state index is 13.1. The van der Waals surface area contributed by atoms with Gasteiger partial charge in [-0.05, 0) is 80.1 Å². The summed E-state index contributed by atoms with van der Waals surface area (Å²) in [5, 5.41) is 3.09. The predicted molar refractivity (Wildman–Crippen MR) is 113 cm³/mol. The molecular weight excluding hydrogens is 365 g/mol. The molecule has 1 N–H and O–H groups in total. The number of urea groups is 1. The van der Waals surface area contributed by atoms with Crippen LogP contribution in [0.25, 0.3) is 0 Å². The lowest BCUT2D eigenvalue weighted by Crippen LogP contribution is -2.43. The molecular formula is C24H30FN3O. The van der Waals surface area contributed by atoms with E-state index in [4.69, 9.17) is 0 Å². The molecule has 29 heavy (non-hydrogen) atoms. The zero-order valence-electron chi connectivity index (χ0n) is 16.9. The average molecular weight is 396 g/mol. The molecule has 1 saturated heterocycles. The van der Waals surface area contributed by atoms with Crippen LogP contribution in [0.4, 0.5) is 9.18 Å². The van der Waals surface area contributed by atoms with Crippen molar-refractivity contribution in [1.82, 2.24) is 15.1 Å². The molecule has 0 radical (unpaired) electrons. The Hall–Kier alpha value is -2.40. The number of carbonyl (C=O) groups is 1. The number of hydrogen-bond donors (Lipinski definition) is 1. The zero-order valence-corrected chi connectivity index (χ0v) is 16.9. The van der Waals surface area contributed by atoms with Gasteiger partial charge in [0.05, 0.1) is 0 Å². The van der Waals surface area contributed by atoms with Gasteiger partial charge in [0.1, 0.15) is 5.82 Å². The number of amides is 2. The second kappa shape index (κ2) is 9.40. The molecule has 0 bridgehead atoms. The van der Waals surface area contributed by atoms with Crippen LogP contribution in [0.2, 0.25) is 0 Å². The highest BCUT2D eigenvalue weighted by Gasteiger charge is 2.21. The highest BCUT2D eigenvalue weighted by Crippen LogP contribution is 2.28. The van der Waals surface area contributed by atoms with Gasteiger partial charge >= 0.3 is 6.03 Å². The Bertz CT molecular complexity index is 815. The lowest BCUT2D eigenvalue weighted by atomic mass is 9.89. The summed E-state index contributed by atoms with van der Waals surface area (Å²) in [4.78, 5) is 16.8. The van der Waals surface area contributed by atoms with E-state index in [0.29, 0.717) is 12.5 Å². The first-order chi connectivity index (χ1) is 14.2. The van der Waals surface area contributed by atoms with Gasteiger partial charge in [-0.15, -0.1) is 0 Å². The van der Waals surface area contributed by atoms with Crippen LogP contribution in [0.5, 0.6) is 0 Å². The van der Waals surface area contributed by atoms with Crippen LogP contribution >= 0.6 is 0 Å². The molecule has 2 amide bonds. The van der Waals surface area contributed by atoms with Crippen LogP contribution < -0.4 is 5.32 Å². The monoisotopic (exact) mass is 395 g/mol. The molecule has 0 aromatic heterocycles. The zero-order chi connectivity index (χ0) is 20.1. The Balaban J connectivity index is 1.14. The van der Waals surface area contributed by atoms with Crippen molar-refractivity contribution < 1.29 is 9.18 Å². The van der Waals surface area contributed by atoms with E-state index in [0.717, 1.165) is 58.4 Å². The van der Waals surface area contributed by atoms with E-state index in [1.165, 1.54) is 16.7 Å². The third-order valence-corrected chi connectivity index (χ3v) is 6.27. The van der Waals surface area contributed by atoms with Crippen molar-refractivity contribution in [3.8, 4) is 0 Å². The molecule has 2 aromatic rings. The molecule has 2 aromatic carbocycles. The van der Waals surface area contributed by atoms with Gasteiger partial charge in [0.2, 0.25) is 0 Å². The first-order valence-electron chi connectivity index (χ1n) is 10.8. The second-order valence-corrected chi connectivity index (χ2v) is 8.19. The molecule has 0 unspecified atom stereocenters. The normalized spacial score (nSPS) is 17.8. The molecule has 5 heteroatoms. The van der Waals surface area contributed by atoms with Crippen molar-refractivity contribution in [2.24, 2.45) is 0 Å². The number of fused-ring (bicyclic) bond motifs is 1. The third-order valence-electron chi connectivity index (χ3n) is 6.27. The minimum absolute atomic E-state index is 0.0505. The second-order valence-electron chi connectivity index (χ2n) is 8.19. The first kappa shape index (κ1) is 19.9. The average Bonchev–Trinajstić information content (AvgIpc) is 2.77.